The van der Waals surface area contributed by atoms with Crippen LogP contribution >= 0.6 is 0 Å². The molecule has 0 radical (unpaired) electrons. The van der Waals surface area contributed by atoms with Crippen LogP contribution in [0.5, 0.6) is 11.8 Å². The summed E-state index contributed by atoms with van der Waals surface area (Å²) in [6, 6.07) is 8.73. The van der Waals surface area contributed by atoms with Gasteiger partial charge < -0.3 is 15.1 Å². The fraction of sp³-hybridized carbons (Fsp3) is 0.0833. The first-order valence-electron chi connectivity index (χ1n) is 5.55. The minimum atomic E-state index is -0.664. The Balaban J connectivity index is 2.03. The summed E-state index contributed by atoms with van der Waals surface area (Å²) in [4.78, 5) is 19.1. The highest BCUT2D eigenvalue weighted by Crippen LogP contribution is 2.19. The van der Waals surface area contributed by atoms with E-state index >= 15 is 0 Å². The predicted octanol–water partition coefficient (Wildman–Crippen LogP) is 2.04. The van der Waals surface area contributed by atoms with Gasteiger partial charge in [-0.1, -0.05) is 29.4 Å². The standard InChI is InChI=1S/C12H10N4O4/c13-15-14-9-3-1-8(2-4-9)7-12(19)20-16-10(17)5-6-11(16)18/h1-6,17-18H,7H2. The Morgan fingerprint density at radius 2 is 1.80 bits per heavy atom. The van der Waals surface area contributed by atoms with Crippen molar-refractivity contribution in [3.05, 3.63) is 52.4 Å². The first kappa shape index (κ1) is 13.3. The first-order valence-corrected chi connectivity index (χ1v) is 5.55. The van der Waals surface area contributed by atoms with E-state index < -0.39 is 5.97 Å². The molecule has 8 heteroatoms. The number of hydrogen-bond donors (Lipinski definition) is 2. The molecule has 0 spiro atoms. The Morgan fingerprint density at radius 1 is 1.20 bits per heavy atom. The number of carbonyl (C=O) groups is 1. The van der Waals surface area contributed by atoms with Crippen molar-refractivity contribution in [2.24, 2.45) is 5.11 Å². The highest BCUT2D eigenvalue weighted by Gasteiger charge is 2.12. The summed E-state index contributed by atoms with van der Waals surface area (Å²) in [7, 11) is 0. The Morgan fingerprint density at radius 3 is 2.35 bits per heavy atom. The van der Waals surface area contributed by atoms with Crippen LogP contribution in [0.4, 0.5) is 5.69 Å². The zero-order valence-corrected chi connectivity index (χ0v) is 10.2. The summed E-state index contributed by atoms with van der Waals surface area (Å²) in [6.45, 7) is 0. The molecule has 1 heterocycles. The zero-order chi connectivity index (χ0) is 14.5. The van der Waals surface area contributed by atoms with Crippen LogP contribution in [0.3, 0.4) is 0 Å². The maximum Gasteiger partial charge on any atom is 0.337 e. The lowest BCUT2D eigenvalue weighted by Crippen LogP contribution is -2.20. The van der Waals surface area contributed by atoms with Crippen LogP contribution in [0.25, 0.3) is 10.4 Å². The molecular weight excluding hydrogens is 264 g/mol. The van der Waals surface area contributed by atoms with Crippen molar-refractivity contribution >= 4 is 11.7 Å². The average molecular weight is 274 g/mol. The van der Waals surface area contributed by atoms with Crippen LogP contribution < -0.4 is 4.84 Å². The number of aromatic hydroxyl groups is 2. The van der Waals surface area contributed by atoms with Gasteiger partial charge in [0, 0.05) is 22.7 Å². The lowest BCUT2D eigenvalue weighted by molar-refractivity contribution is -0.144. The third-order valence-corrected chi connectivity index (χ3v) is 2.44. The van der Waals surface area contributed by atoms with E-state index in [4.69, 9.17) is 10.4 Å². The molecule has 2 aromatic rings. The predicted molar refractivity (Wildman–Crippen MR) is 68.3 cm³/mol. The van der Waals surface area contributed by atoms with Crippen molar-refractivity contribution in [3.8, 4) is 11.8 Å². The van der Waals surface area contributed by atoms with Crippen LogP contribution in [0.2, 0.25) is 0 Å². The number of azide groups is 1. The van der Waals surface area contributed by atoms with E-state index in [1.165, 1.54) is 12.1 Å². The summed E-state index contributed by atoms with van der Waals surface area (Å²) in [5.74, 6) is -1.42. The number of carbonyl (C=O) groups excluding carboxylic acids is 1. The fourth-order valence-electron chi connectivity index (χ4n) is 1.53. The maximum atomic E-state index is 11.6. The molecule has 102 valence electrons. The highest BCUT2D eigenvalue weighted by atomic mass is 16.7. The van der Waals surface area contributed by atoms with Gasteiger partial charge in [0.25, 0.3) is 0 Å². The van der Waals surface area contributed by atoms with E-state index in [2.05, 4.69) is 10.0 Å². The first-order chi connectivity index (χ1) is 9.60. The molecule has 0 fully saturated rings. The molecule has 2 rings (SSSR count). The van der Waals surface area contributed by atoms with Gasteiger partial charge in [-0.25, -0.2) is 4.79 Å². The van der Waals surface area contributed by atoms with Gasteiger partial charge in [0.05, 0.1) is 6.42 Å². The molecule has 1 aromatic carbocycles. The lowest BCUT2D eigenvalue weighted by atomic mass is 10.1. The number of hydrogen-bond acceptors (Lipinski definition) is 5. The van der Waals surface area contributed by atoms with Crippen molar-refractivity contribution in [2.45, 2.75) is 6.42 Å². The van der Waals surface area contributed by atoms with E-state index in [1.54, 1.807) is 24.3 Å². The number of benzene rings is 1. The largest absolute Gasteiger partial charge is 0.492 e. The summed E-state index contributed by atoms with van der Waals surface area (Å²) < 4.78 is 0.622. The van der Waals surface area contributed by atoms with Crippen molar-refractivity contribution < 1.29 is 19.8 Å². The molecule has 0 aliphatic rings. The molecular formula is C12H10N4O4. The molecule has 2 N–H and O–H groups in total. The summed E-state index contributed by atoms with van der Waals surface area (Å²) in [6.07, 6.45) is -0.0619. The molecule has 0 amide bonds. The van der Waals surface area contributed by atoms with Gasteiger partial charge in [0.1, 0.15) is 0 Å². The molecule has 0 bridgehead atoms. The van der Waals surface area contributed by atoms with Gasteiger partial charge >= 0.3 is 5.97 Å². The molecule has 0 atom stereocenters. The van der Waals surface area contributed by atoms with Crippen LogP contribution in [0.1, 0.15) is 5.56 Å². The van der Waals surface area contributed by atoms with Gasteiger partial charge in [0.15, 0.2) is 0 Å². The fourth-order valence-corrected chi connectivity index (χ4v) is 1.53. The molecule has 8 nitrogen and oxygen atoms in total. The summed E-state index contributed by atoms with van der Waals surface area (Å²) in [5, 5.41) is 22.0. The van der Waals surface area contributed by atoms with Crippen molar-refractivity contribution in [3.63, 3.8) is 0 Å². The van der Waals surface area contributed by atoms with Crippen molar-refractivity contribution in [2.75, 3.05) is 0 Å². The van der Waals surface area contributed by atoms with Crippen LogP contribution in [-0.2, 0) is 11.2 Å². The third kappa shape index (κ3) is 3.01. The van der Waals surface area contributed by atoms with E-state index in [0.29, 0.717) is 16.0 Å². The Labute approximate surface area is 113 Å². The Kier molecular flexibility index (Phi) is 3.78. The SMILES string of the molecule is [N-]=[N+]=Nc1ccc(CC(=O)On2c(O)ccc2O)cc1. The molecule has 0 saturated heterocycles. The Hall–Kier alpha value is -3.12. The van der Waals surface area contributed by atoms with Gasteiger partial charge in [-0.05, 0) is 11.1 Å². The highest BCUT2D eigenvalue weighted by molar-refractivity contribution is 5.73. The van der Waals surface area contributed by atoms with Gasteiger partial charge in [0.2, 0.25) is 11.8 Å². The van der Waals surface area contributed by atoms with E-state index in [1.807, 2.05) is 0 Å². The second kappa shape index (κ2) is 5.68. The second-order valence-electron chi connectivity index (χ2n) is 3.84. The van der Waals surface area contributed by atoms with Gasteiger partial charge in [-0.15, -0.1) is 4.73 Å². The zero-order valence-electron chi connectivity index (χ0n) is 10.2. The van der Waals surface area contributed by atoms with Crippen molar-refractivity contribution in [1.82, 2.24) is 4.73 Å². The van der Waals surface area contributed by atoms with Crippen LogP contribution in [0.15, 0.2) is 41.5 Å². The van der Waals surface area contributed by atoms with Gasteiger partial charge in [-0.2, -0.15) is 0 Å². The van der Waals surface area contributed by atoms with Crippen molar-refractivity contribution in [1.29, 1.82) is 0 Å². The average Bonchev–Trinajstić information content (AvgIpc) is 2.73. The molecule has 0 aliphatic carbocycles. The number of rotatable bonds is 4. The molecule has 20 heavy (non-hydrogen) atoms. The normalized spacial score (nSPS) is 9.80. The number of nitrogens with zero attached hydrogens (tertiary/aromatic N) is 4. The Bertz CT molecular complexity index is 652. The maximum absolute atomic E-state index is 11.6. The van der Waals surface area contributed by atoms with Crippen LogP contribution in [0, 0.1) is 0 Å². The molecule has 0 saturated carbocycles. The molecule has 0 unspecified atom stereocenters. The smallest absolute Gasteiger partial charge is 0.337 e. The van der Waals surface area contributed by atoms with E-state index in [0.717, 1.165) is 0 Å². The van der Waals surface area contributed by atoms with Crippen LogP contribution in [-0.4, -0.2) is 20.9 Å². The monoisotopic (exact) mass is 274 g/mol. The molecule has 1 aromatic heterocycles. The third-order valence-electron chi connectivity index (χ3n) is 2.44. The quantitative estimate of drug-likeness (QED) is 0.503. The van der Waals surface area contributed by atoms with Gasteiger partial charge in [-0.3, -0.25) is 0 Å². The second-order valence-corrected chi connectivity index (χ2v) is 3.84. The topological polar surface area (TPSA) is 120 Å². The minimum absolute atomic E-state index is 0.0619. The van der Waals surface area contributed by atoms with E-state index in [9.17, 15) is 15.0 Å². The molecule has 0 aliphatic heterocycles. The number of aromatic nitrogens is 1. The van der Waals surface area contributed by atoms with E-state index in [-0.39, 0.29) is 18.2 Å². The lowest BCUT2D eigenvalue weighted by Gasteiger charge is -2.06. The summed E-state index contributed by atoms with van der Waals surface area (Å²) in [5.41, 5.74) is 9.34. The minimum Gasteiger partial charge on any atom is -0.492 e. The summed E-state index contributed by atoms with van der Waals surface area (Å²) >= 11 is 0.